The Balaban J connectivity index is 2.05. The first-order chi connectivity index (χ1) is 10.3. The van der Waals surface area contributed by atoms with Gasteiger partial charge in [-0.1, -0.05) is 11.6 Å². The van der Waals surface area contributed by atoms with Crippen LogP contribution < -0.4 is 0 Å². The largest absolute Gasteiger partial charge is 0.340 e. The maximum Gasteiger partial charge on any atom is 0.238 e. The lowest BCUT2D eigenvalue weighted by atomic mass is 10.3. The molecule has 2 aromatic rings. The number of aromatic nitrogens is 2. The summed E-state index contributed by atoms with van der Waals surface area (Å²) in [5.41, 5.74) is 0.835. The van der Waals surface area contributed by atoms with Crippen molar-refractivity contribution >= 4 is 27.3 Å². The fourth-order valence-corrected chi connectivity index (χ4v) is 3.30. The second-order valence-corrected chi connectivity index (χ2v) is 7.41. The van der Waals surface area contributed by atoms with Gasteiger partial charge in [0, 0.05) is 37.4 Å². The topological polar surface area (TPSA) is 72.3 Å². The summed E-state index contributed by atoms with van der Waals surface area (Å²) in [6.45, 7) is 0.308. The van der Waals surface area contributed by atoms with Crippen LogP contribution in [0.25, 0.3) is 0 Å². The lowest BCUT2D eigenvalue weighted by Gasteiger charge is -2.16. The molecule has 0 aliphatic carbocycles. The molecular formula is C14H16ClN3O3S. The molecule has 0 aliphatic rings. The number of halogens is 1. The van der Waals surface area contributed by atoms with Crippen LogP contribution in [-0.2, 0) is 28.2 Å². The molecule has 0 saturated heterocycles. The minimum absolute atomic E-state index is 0.0834. The molecule has 0 fully saturated rings. The third kappa shape index (κ3) is 4.08. The van der Waals surface area contributed by atoms with Crippen LogP contribution in [0.15, 0.2) is 41.6 Å². The van der Waals surface area contributed by atoms with Crippen LogP contribution in [0.2, 0.25) is 5.02 Å². The maximum absolute atomic E-state index is 12.2. The minimum atomic E-state index is -3.68. The molecule has 2 rings (SSSR count). The molecule has 1 aromatic heterocycles. The van der Waals surface area contributed by atoms with Crippen LogP contribution in [0.5, 0.6) is 0 Å². The smallest absolute Gasteiger partial charge is 0.238 e. The van der Waals surface area contributed by atoms with E-state index in [1.54, 1.807) is 31.2 Å². The molecule has 0 aliphatic heterocycles. The number of nitrogens with zero attached hydrogens (tertiary/aromatic N) is 3. The molecular weight excluding hydrogens is 326 g/mol. The maximum atomic E-state index is 12.2. The van der Waals surface area contributed by atoms with Gasteiger partial charge in [0.05, 0.1) is 11.1 Å². The number of benzene rings is 1. The van der Waals surface area contributed by atoms with Crippen molar-refractivity contribution in [2.75, 3.05) is 12.8 Å². The van der Waals surface area contributed by atoms with Crippen molar-refractivity contribution < 1.29 is 13.2 Å². The fourth-order valence-electron chi connectivity index (χ4n) is 1.91. The number of rotatable bonds is 5. The van der Waals surface area contributed by atoms with Crippen molar-refractivity contribution in [1.82, 2.24) is 14.7 Å². The highest BCUT2D eigenvalue weighted by Crippen LogP contribution is 2.16. The SMILES string of the molecule is CN(Cc1cnn(C)c1)C(=O)CS(=O)(=O)c1ccc(Cl)cc1. The molecule has 0 radical (unpaired) electrons. The van der Waals surface area contributed by atoms with Gasteiger partial charge in [-0.05, 0) is 24.3 Å². The average Bonchev–Trinajstić information content (AvgIpc) is 2.84. The Bertz CT molecular complexity index is 769. The predicted octanol–water partition coefficient (Wildman–Crippen LogP) is 1.51. The Morgan fingerprint density at radius 1 is 1.32 bits per heavy atom. The minimum Gasteiger partial charge on any atom is -0.340 e. The Kier molecular flexibility index (Phi) is 4.87. The third-order valence-electron chi connectivity index (χ3n) is 3.09. The molecule has 118 valence electrons. The average molecular weight is 342 g/mol. The van der Waals surface area contributed by atoms with Gasteiger partial charge in [-0.25, -0.2) is 8.42 Å². The van der Waals surface area contributed by atoms with E-state index >= 15 is 0 Å². The highest BCUT2D eigenvalue weighted by atomic mass is 35.5. The summed E-state index contributed by atoms with van der Waals surface area (Å²) < 4.78 is 26.0. The molecule has 0 saturated carbocycles. The van der Waals surface area contributed by atoms with E-state index in [2.05, 4.69) is 5.10 Å². The molecule has 0 unspecified atom stereocenters. The molecule has 1 heterocycles. The summed E-state index contributed by atoms with van der Waals surface area (Å²) in [5, 5.41) is 4.45. The van der Waals surface area contributed by atoms with Crippen LogP contribution in [-0.4, -0.2) is 41.8 Å². The third-order valence-corrected chi connectivity index (χ3v) is 4.96. The van der Waals surface area contributed by atoms with Crippen LogP contribution in [0.3, 0.4) is 0 Å². The molecule has 1 amide bonds. The summed E-state index contributed by atoms with van der Waals surface area (Å²) >= 11 is 5.73. The van der Waals surface area contributed by atoms with Gasteiger partial charge in [0.25, 0.3) is 0 Å². The zero-order valence-corrected chi connectivity index (χ0v) is 13.8. The predicted molar refractivity (Wildman–Crippen MR) is 83.2 cm³/mol. The molecule has 6 nitrogen and oxygen atoms in total. The van der Waals surface area contributed by atoms with Crippen molar-refractivity contribution in [1.29, 1.82) is 0 Å². The number of carbonyl (C=O) groups excluding carboxylic acids is 1. The Hall–Kier alpha value is -1.86. The number of amides is 1. The van der Waals surface area contributed by atoms with E-state index in [0.717, 1.165) is 5.56 Å². The van der Waals surface area contributed by atoms with Gasteiger partial charge in [0.2, 0.25) is 5.91 Å². The normalized spacial score (nSPS) is 11.4. The summed E-state index contributed by atoms with van der Waals surface area (Å²) in [5.74, 6) is -1.05. The Morgan fingerprint density at radius 2 is 1.95 bits per heavy atom. The summed E-state index contributed by atoms with van der Waals surface area (Å²) in [7, 11) is -0.343. The van der Waals surface area contributed by atoms with Gasteiger partial charge in [0.1, 0.15) is 5.75 Å². The van der Waals surface area contributed by atoms with E-state index in [1.807, 2.05) is 0 Å². The second-order valence-electron chi connectivity index (χ2n) is 4.99. The van der Waals surface area contributed by atoms with E-state index in [-0.39, 0.29) is 4.90 Å². The molecule has 8 heteroatoms. The zero-order chi connectivity index (χ0) is 16.3. The van der Waals surface area contributed by atoms with E-state index in [0.29, 0.717) is 11.6 Å². The zero-order valence-electron chi connectivity index (χ0n) is 12.2. The molecule has 0 N–H and O–H groups in total. The number of aryl methyl sites for hydroxylation is 1. The first-order valence-electron chi connectivity index (χ1n) is 6.48. The molecule has 0 atom stereocenters. The van der Waals surface area contributed by atoms with Crippen molar-refractivity contribution in [3.63, 3.8) is 0 Å². The highest BCUT2D eigenvalue weighted by molar-refractivity contribution is 7.92. The fraction of sp³-hybridized carbons (Fsp3) is 0.286. The van der Waals surface area contributed by atoms with Gasteiger partial charge in [0.15, 0.2) is 9.84 Å². The van der Waals surface area contributed by atoms with Gasteiger partial charge in [-0.2, -0.15) is 5.10 Å². The lowest BCUT2D eigenvalue weighted by molar-refractivity contribution is -0.127. The first-order valence-corrected chi connectivity index (χ1v) is 8.51. The number of hydrogen-bond donors (Lipinski definition) is 0. The van der Waals surface area contributed by atoms with Crippen LogP contribution >= 0.6 is 11.6 Å². The lowest BCUT2D eigenvalue weighted by Crippen LogP contribution is -2.32. The van der Waals surface area contributed by atoms with Crippen molar-refractivity contribution in [2.45, 2.75) is 11.4 Å². The number of carbonyl (C=O) groups is 1. The van der Waals surface area contributed by atoms with Gasteiger partial charge in [-0.15, -0.1) is 0 Å². The standard InChI is InChI=1S/C14H16ClN3O3S/c1-17(8-11-7-16-18(2)9-11)14(19)10-22(20,21)13-5-3-12(15)4-6-13/h3-7,9H,8,10H2,1-2H3. The van der Waals surface area contributed by atoms with Gasteiger partial charge < -0.3 is 4.90 Å². The second kappa shape index (κ2) is 6.50. The quantitative estimate of drug-likeness (QED) is 0.826. The molecule has 22 heavy (non-hydrogen) atoms. The van der Waals surface area contributed by atoms with Crippen molar-refractivity contribution in [3.8, 4) is 0 Å². The van der Waals surface area contributed by atoms with Gasteiger partial charge in [-0.3, -0.25) is 9.48 Å². The summed E-state index contributed by atoms with van der Waals surface area (Å²) in [4.78, 5) is 13.6. The Morgan fingerprint density at radius 3 is 2.50 bits per heavy atom. The number of hydrogen-bond acceptors (Lipinski definition) is 4. The summed E-state index contributed by atoms with van der Waals surface area (Å²) in [6.07, 6.45) is 3.41. The molecule has 1 aromatic carbocycles. The van der Waals surface area contributed by atoms with Crippen molar-refractivity contribution in [3.05, 3.63) is 47.2 Å². The van der Waals surface area contributed by atoms with E-state index in [1.165, 1.54) is 29.2 Å². The van der Waals surface area contributed by atoms with Crippen molar-refractivity contribution in [2.24, 2.45) is 7.05 Å². The van der Waals surface area contributed by atoms with E-state index < -0.39 is 21.5 Å². The van der Waals surface area contributed by atoms with Crippen LogP contribution in [0.1, 0.15) is 5.56 Å². The van der Waals surface area contributed by atoms with E-state index in [9.17, 15) is 13.2 Å². The van der Waals surface area contributed by atoms with Crippen LogP contribution in [0, 0.1) is 0 Å². The first kappa shape index (κ1) is 16.5. The number of sulfone groups is 1. The molecule has 0 spiro atoms. The van der Waals surface area contributed by atoms with Gasteiger partial charge >= 0.3 is 0 Å². The summed E-state index contributed by atoms with van der Waals surface area (Å²) in [6, 6.07) is 5.76. The molecule has 0 bridgehead atoms. The Labute approximate surface area is 134 Å². The van der Waals surface area contributed by atoms with Crippen LogP contribution in [0.4, 0.5) is 0 Å². The van der Waals surface area contributed by atoms with E-state index in [4.69, 9.17) is 11.6 Å². The highest BCUT2D eigenvalue weighted by Gasteiger charge is 2.22. The monoisotopic (exact) mass is 341 g/mol.